The fraction of sp³-hybridized carbons (Fsp3) is 0.769. The Hall–Kier alpha value is -1.21. The molecule has 2 unspecified atom stereocenters. The third-order valence-corrected chi connectivity index (χ3v) is 3.20. The number of nitrogens with one attached hydrogen (secondary N) is 2. The van der Waals surface area contributed by atoms with Gasteiger partial charge in [0.25, 0.3) is 0 Å². The fourth-order valence-electron chi connectivity index (χ4n) is 2.19. The molecule has 2 amide bonds. The minimum Gasteiger partial charge on any atom is -0.391 e. The lowest BCUT2D eigenvalue weighted by molar-refractivity contribution is -0.139. The highest BCUT2D eigenvalue weighted by atomic mass is 32.1. The number of amides is 2. The molecular weight excluding hydrogens is 278 g/mol. The molecule has 1 rings (SSSR count). The highest BCUT2D eigenvalue weighted by molar-refractivity contribution is 7.78. The Balaban J connectivity index is 2.65. The second-order valence-corrected chi connectivity index (χ2v) is 6.46. The molecule has 114 valence electrons. The van der Waals surface area contributed by atoms with Gasteiger partial charge in [0.2, 0.25) is 11.8 Å². The van der Waals surface area contributed by atoms with Crippen LogP contribution in [0.15, 0.2) is 0 Å². The van der Waals surface area contributed by atoms with E-state index >= 15 is 0 Å². The topological polar surface area (TPSA) is 81.7 Å². The van der Waals surface area contributed by atoms with Crippen molar-refractivity contribution in [3.63, 3.8) is 0 Å². The quantitative estimate of drug-likeness (QED) is 0.378. The normalized spacial score (nSPS) is 22.5. The molecule has 0 aliphatic carbocycles. The highest BCUT2D eigenvalue weighted by Crippen LogP contribution is 2.25. The molecule has 7 heteroatoms. The number of aliphatic hydroxyl groups excluding tert-OH is 1. The van der Waals surface area contributed by atoms with E-state index in [1.54, 1.807) is 0 Å². The second kappa shape index (κ2) is 6.99. The molecule has 0 saturated carbocycles. The Morgan fingerprint density at radius 1 is 1.45 bits per heavy atom. The van der Waals surface area contributed by atoms with E-state index in [-0.39, 0.29) is 36.9 Å². The van der Waals surface area contributed by atoms with Gasteiger partial charge in [0, 0.05) is 19.4 Å². The molecule has 0 aromatic heterocycles. The van der Waals surface area contributed by atoms with Crippen molar-refractivity contribution in [1.29, 1.82) is 0 Å². The Labute approximate surface area is 124 Å². The third kappa shape index (κ3) is 5.05. The number of thiocarbonyl (C=S) groups is 1. The number of carbonyl (C=O) groups excluding carboxylic acids is 2. The van der Waals surface area contributed by atoms with E-state index in [1.165, 1.54) is 10.4 Å². The van der Waals surface area contributed by atoms with Crippen molar-refractivity contribution in [2.24, 2.45) is 5.41 Å². The zero-order valence-corrected chi connectivity index (χ0v) is 13.0. The summed E-state index contributed by atoms with van der Waals surface area (Å²) in [7, 11) is 0. The minimum atomic E-state index is -0.645. The first-order valence-electron chi connectivity index (χ1n) is 6.67. The highest BCUT2D eigenvalue weighted by Gasteiger charge is 2.39. The van der Waals surface area contributed by atoms with Gasteiger partial charge in [-0.15, -0.1) is 0 Å². The van der Waals surface area contributed by atoms with Crippen molar-refractivity contribution in [3.8, 4) is 0 Å². The molecule has 0 bridgehead atoms. The summed E-state index contributed by atoms with van der Waals surface area (Å²) in [6, 6.07) is -0.605. The van der Waals surface area contributed by atoms with Crippen LogP contribution in [0.3, 0.4) is 0 Å². The van der Waals surface area contributed by atoms with Crippen molar-refractivity contribution < 1.29 is 14.7 Å². The van der Waals surface area contributed by atoms with E-state index in [9.17, 15) is 14.7 Å². The summed E-state index contributed by atoms with van der Waals surface area (Å²) in [5, 5.41) is 15.1. The van der Waals surface area contributed by atoms with Crippen LogP contribution in [0.25, 0.3) is 0 Å². The molecule has 2 atom stereocenters. The molecule has 0 spiro atoms. The van der Waals surface area contributed by atoms with Crippen molar-refractivity contribution in [1.82, 2.24) is 15.5 Å². The molecular formula is C13H23N3O3S. The zero-order chi connectivity index (χ0) is 15.3. The van der Waals surface area contributed by atoms with Gasteiger partial charge >= 0.3 is 0 Å². The number of carbonyl (C=O) groups is 2. The maximum absolute atomic E-state index is 12.2. The number of hydrogen-bond acceptors (Lipinski definition) is 4. The molecule has 1 fully saturated rings. The van der Waals surface area contributed by atoms with Gasteiger partial charge in [-0.05, 0) is 5.41 Å². The molecule has 20 heavy (non-hydrogen) atoms. The lowest BCUT2D eigenvalue weighted by atomic mass is 9.91. The second-order valence-electron chi connectivity index (χ2n) is 6.23. The van der Waals surface area contributed by atoms with Gasteiger partial charge in [-0.2, -0.15) is 0 Å². The number of β-amino-alcohol motifs (C(OH)–C–C–N with tert-alkyl or cyclic N) is 1. The average Bonchev–Trinajstić information content (AvgIpc) is 2.69. The van der Waals surface area contributed by atoms with E-state index in [0.29, 0.717) is 6.42 Å². The lowest BCUT2D eigenvalue weighted by Gasteiger charge is -2.27. The molecule has 0 aromatic rings. The van der Waals surface area contributed by atoms with E-state index in [2.05, 4.69) is 22.9 Å². The van der Waals surface area contributed by atoms with E-state index in [1.807, 2.05) is 20.8 Å². The Morgan fingerprint density at radius 2 is 2.10 bits per heavy atom. The minimum absolute atomic E-state index is 0.100. The summed E-state index contributed by atoms with van der Waals surface area (Å²) in [6.07, 6.45) is -0.0193. The zero-order valence-electron chi connectivity index (χ0n) is 12.2. The van der Waals surface area contributed by atoms with Gasteiger partial charge in [0.05, 0.1) is 18.3 Å². The molecule has 6 nitrogen and oxygen atoms in total. The summed E-state index contributed by atoms with van der Waals surface area (Å²) in [5.74, 6) is -0.370. The van der Waals surface area contributed by atoms with Gasteiger partial charge in [-0.3, -0.25) is 9.59 Å². The van der Waals surface area contributed by atoms with Crippen molar-refractivity contribution in [2.75, 3.05) is 13.2 Å². The Morgan fingerprint density at radius 3 is 2.65 bits per heavy atom. The molecule has 1 heterocycles. The first-order valence-corrected chi connectivity index (χ1v) is 7.14. The van der Waals surface area contributed by atoms with Gasteiger partial charge in [0.15, 0.2) is 0 Å². The van der Waals surface area contributed by atoms with Crippen LogP contribution in [0.4, 0.5) is 0 Å². The van der Waals surface area contributed by atoms with Crippen molar-refractivity contribution in [2.45, 2.75) is 45.8 Å². The van der Waals surface area contributed by atoms with Crippen LogP contribution in [0.5, 0.6) is 0 Å². The van der Waals surface area contributed by atoms with Gasteiger partial charge in [-0.25, -0.2) is 0 Å². The Bertz CT molecular complexity index is 382. The van der Waals surface area contributed by atoms with Crippen LogP contribution < -0.4 is 10.6 Å². The van der Waals surface area contributed by atoms with Crippen LogP contribution >= 0.6 is 12.2 Å². The number of hydrogen-bond donors (Lipinski definition) is 3. The maximum atomic E-state index is 12.2. The summed E-state index contributed by atoms with van der Waals surface area (Å²) >= 11 is 4.59. The van der Waals surface area contributed by atoms with Crippen LogP contribution in [-0.4, -0.2) is 52.7 Å². The van der Waals surface area contributed by atoms with Gasteiger partial charge in [-0.1, -0.05) is 33.0 Å². The summed E-state index contributed by atoms with van der Waals surface area (Å²) < 4.78 is 0. The molecule has 0 radical (unpaired) electrons. The standard InChI is InChI=1S/C13H23N3O3S/c1-13(2,3)5-11(18)16-6-9(17)4-10(16)12(19)15-7-14-8-20/h8-10,17H,4-7H2,1-3H3,(H,14,20)(H,15,19). The van der Waals surface area contributed by atoms with E-state index in [4.69, 9.17) is 0 Å². The molecule has 1 saturated heterocycles. The van der Waals surface area contributed by atoms with E-state index in [0.717, 1.165) is 0 Å². The van der Waals surface area contributed by atoms with Crippen LogP contribution in [-0.2, 0) is 9.59 Å². The summed E-state index contributed by atoms with van der Waals surface area (Å²) in [4.78, 5) is 25.8. The van der Waals surface area contributed by atoms with Crippen LogP contribution in [0, 0.1) is 5.41 Å². The van der Waals surface area contributed by atoms with Crippen LogP contribution in [0.2, 0.25) is 0 Å². The maximum Gasteiger partial charge on any atom is 0.244 e. The molecule has 1 aliphatic heterocycles. The Kier molecular flexibility index (Phi) is 5.88. The van der Waals surface area contributed by atoms with Crippen molar-refractivity contribution >= 4 is 29.5 Å². The summed E-state index contributed by atoms with van der Waals surface area (Å²) in [6.45, 7) is 6.34. The van der Waals surface area contributed by atoms with Crippen molar-refractivity contribution in [3.05, 3.63) is 0 Å². The smallest absolute Gasteiger partial charge is 0.244 e. The monoisotopic (exact) mass is 301 g/mol. The first-order chi connectivity index (χ1) is 9.24. The number of nitrogens with zero attached hydrogens (tertiary/aromatic N) is 1. The lowest BCUT2D eigenvalue weighted by Crippen LogP contribution is -2.48. The van der Waals surface area contributed by atoms with E-state index < -0.39 is 12.1 Å². The van der Waals surface area contributed by atoms with Crippen LogP contribution in [0.1, 0.15) is 33.6 Å². The molecule has 1 aliphatic rings. The average molecular weight is 301 g/mol. The number of likely N-dealkylation sites (tertiary alicyclic amines) is 1. The predicted octanol–water partition coefficient (Wildman–Crippen LogP) is 0.00490. The summed E-state index contributed by atoms with van der Waals surface area (Å²) in [5.41, 5.74) is 1.16. The number of aliphatic hydroxyl groups is 1. The molecule has 0 aromatic carbocycles. The van der Waals surface area contributed by atoms with Gasteiger partial charge < -0.3 is 20.6 Å². The SMILES string of the molecule is CC(C)(C)CC(=O)N1CC(O)CC1C(=O)NCNC=S. The first kappa shape index (κ1) is 16.8. The predicted molar refractivity (Wildman–Crippen MR) is 80.0 cm³/mol. The number of rotatable bonds is 5. The molecule has 3 N–H and O–H groups in total. The van der Waals surface area contributed by atoms with Gasteiger partial charge in [0.1, 0.15) is 6.04 Å². The fourth-order valence-corrected chi connectivity index (χ4v) is 2.27. The largest absolute Gasteiger partial charge is 0.391 e. The third-order valence-electron chi connectivity index (χ3n) is 3.03.